The van der Waals surface area contributed by atoms with Crippen LogP contribution < -0.4 is 10.7 Å². The van der Waals surface area contributed by atoms with E-state index in [0.717, 1.165) is 55.0 Å². The van der Waals surface area contributed by atoms with Crippen LogP contribution in [0.5, 0.6) is 0 Å². The van der Waals surface area contributed by atoms with Gasteiger partial charge in [-0.15, -0.1) is 11.3 Å². The molecule has 0 atom stereocenters. The third kappa shape index (κ3) is 8.35. The van der Waals surface area contributed by atoms with Gasteiger partial charge >= 0.3 is 0 Å². The number of hydrogen-bond donors (Lipinski definition) is 2. The van der Waals surface area contributed by atoms with Crippen LogP contribution in [0.25, 0.3) is 0 Å². The molecule has 0 aliphatic heterocycles. The summed E-state index contributed by atoms with van der Waals surface area (Å²) in [5.41, 5.74) is 7.46. The molecule has 2 aromatic carbocycles. The zero-order valence-electron chi connectivity index (χ0n) is 22.4. The number of nitrogens with one attached hydrogen (secondary N) is 2. The van der Waals surface area contributed by atoms with Gasteiger partial charge in [0.15, 0.2) is 0 Å². The van der Waals surface area contributed by atoms with Gasteiger partial charge < -0.3 is 15.1 Å². The number of aryl methyl sites for hydroxylation is 2. The second-order valence-corrected chi connectivity index (χ2v) is 10.0. The van der Waals surface area contributed by atoms with Gasteiger partial charge in [-0.2, -0.15) is 5.10 Å². The van der Waals surface area contributed by atoms with E-state index in [2.05, 4.69) is 46.5 Å². The van der Waals surface area contributed by atoms with E-state index in [9.17, 15) is 9.59 Å². The number of carbonyl (C=O) groups is 2. The summed E-state index contributed by atoms with van der Waals surface area (Å²) in [4.78, 5) is 30.6. The lowest BCUT2D eigenvalue weighted by atomic mass is 10.1. The minimum Gasteiger partial charge on any atom is -0.313 e. The Balaban J connectivity index is 1.62. The van der Waals surface area contributed by atoms with Crippen LogP contribution in [0.4, 0.5) is 5.00 Å². The van der Waals surface area contributed by atoms with Gasteiger partial charge in [0.2, 0.25) is 0 Å². The van der Waals surface area contributed by atoms with Crippen molar-refractivity contribution in [3.8, 4) is 0 Å². The summed E-state index contributed by atoms with van der Waals surface area (Å²) in [6, 6.07) is 15.5. The molecule has 1 heterocycles. The van der Waals surface area contributed by atoms with Crippen LogP contribution in [0.1, 0.15) is 56.8 Å². The number of likely N-dealkylation sites (N-methyl/N-ethyl adjacent to an activating group) is 2. The van der Waals surface area contributed by atoms with Gasteiger partial charge in [-0.3, -0.25) is 9.59 Å². The second kappa shape index (κ2) is 13.8. The van der Waals surface area contributed by atoms with Crippen LogP contribution in [0.3, 0.4) is 0 Å². The Labute approximate surface area is 224 Å². The number of anilines is 1. The highest BCUT2D eigenvalue weighted by atomic mass is 32.1. The Kier molecular flexibility index (Phi) is 10.6. The first kappa shape index (κ1) is 28.2. The largest absolute Gasteiger partial charge is 0.313 e. The molecule has 0 fully saturated rings. The van der Waals surface area contributed by atoms with Crippen LogP contribution in [0.15, 0.2) is 59.0 Å². The van der Waals surface area contributed by atoms with Crippen molar-refractivity contribution in [2.45, 2.75) is 34.2 Å². The molecule has 0 aliphatic carbocycles. The number of hydrogen-bond acceptors (Lipinski definition) is 6. The van der Waals surface area contributed by atoms with Gasteiger partial charge in [0.25, 0.3) is 11.8 Å². The van der Waals surface area contributed by atoms with Crippen molar-refractivity contribution in [2.24, 2.45) is 5.10 Å². The van der Waals surface area contributed by atoms with Crippen molar-refractivity contribution in [1.82, 2.24) is 15.2 Å². The third-order valence-corrected chi connectivity index (χ3v) is 7.23. The summed E-state index contributed by atoms with van der Waals surface area (Å²) in [7, 11) is 2.09. The van der Waals surface area contributed by atoms with E-state index in [0.29, 0.717) is 16.1 Å². The number of amides is 2. The maximum absolute atomic E-state index is 13.1. The number of benzene rings is 2. The summed E-state index contributed by atoms with van der Waals surface area (Å²) in [6.45, 7) is 13.0. The van der Waals surface area contributed by atoms with Gasteiger partial charge in [0, 0.05) is 25.2 Å². The summed E-state index contributed by atoms with van der Waals surface area (Å²) in [5.74, 6) is -0.604. The lowest BCUT2D eigenvalue weighted by molar-refractivity contribution is 0.0956. The highest BCUT2D eigenvalue weighted by molar-refractivity contribution is 7.15. The summed E-state index contributed by atoms with van der Waals surface area (Å²) >= 11 is 1.33. The summed E-state index contributed by atoms with van der Waals surface area (Å²) < 4.78 is 0. The molecule has 0 bridgehead atoms. The summed E-state index contributed by atoms with van der Waals surface area (Å²) in [6.07, 6.45) is 1.60. The molecular formula is C29H37N5O2S. The van der Waals surface area contributed by atoms with E-state index in [1.165, 1.54) is 11.3 Å². The topological polar surface area (TPSA) is 77.0 Å². The Morgan fingerprint density at radius 3 is 2.43 bits per heavy atom. The molecule has 37 heavy (non-hydrogen) atoms. The molecular weight excluding hydrogens is 482 g/mol. The van der Waals surface area contributed by atoms with Crippen molar-refractivity contribution in [1.29, 1.82) is 0 Å². The van der Waals surface area contributed by atoms with Crippen LogP contribution in [-0.4, -0.2) is 61.1 Å². The average molecular weight is 520 g/mol. The van der Waals surface area contributed by atoms with Crippen molar-refractivity contribution in [3.63, 3.8) is 0 Å². The first-order valence-corrected chi connectivity index (χ1v) is 13.5. The molecule has 0 radical (unpaired) electrons. The van der Waals surface area contributed by atoms with Gasteiger partial charge in [0.1, 0.15) is 5.00 Å². The fourth-order valence-electron chi connectivity index (χ4n) is 3.92. The first-order valence-electron chi connectivity index (χ1n) is 12.6. The van der Waals surface area contributed by atoms with Crippen LogP contribution in [0.2, 0.25) is 0 Å². The molecule has 0 unspecified atom stereocenters. The Morgan fingerprint density at radius 1 is 1.00 bits per heavy atom. The number of rotatable bonds is 12. The predicted octanol–water partition coefficient (Wildman–Crippen LogP) is 5.15. The van der Waals surface area contributed by atoms with Gasteiger partial charge in [-0.25, -0.2) is 5.43 Å². The molecule has 0 saturated carbocycles. The Bertz CT molecular complexity index is 1220. The monoisotopic (exact) mass is 519 g/mol. The molecule has 7 nitrogen and oxygen atoms in total. The molecule has 2 N–H and O–H groups in total. The first-order chi connectivity index (χ1) is 17.8. The standard InChI is InChI=1S/C29H37N5O2S/c1-6-34(7-2)16-15-33(5)19-24-9-8-10-25(17-24)27(35)31-29-26(22(4)20-37-29)28(36)32-30-18-23-13-11-21(3)12-14-23/h8-14,17-18,20H,6-7,15-16,19H2,1-5H3,(H,31,35)(H,32,36)/b30-18+. The van der Waals surface area contributed by atoms with Gasteiger partial charge in [-0.1, -0.05) is 55.8 Å². The minimum atomic E-state index is -0.360. The SMILES string of the molecule is CCN(CC)CCN(C)Cc1cccc(C(=O)Nc2scc(C)c2C(=O)N/N=C/c2ccc(C)cc2)c1. The predicted molar refractivity (Wildman–Crippen MR) is 154 cm³/mol. The number of nitrogens with zero attached hydrogens (tertiary/aromatic N) is 3. The summed E-state index contributed by atoms with van der Waals surface area (Å²) in [5, 5.41) is 9.37. The van der Waals surface area contributed by atoms with Crippen molar-refractivity contribution in [2.75, 3.05) is 38.5 Å². The quantitative estimate of drug-likeness (QED) is 0.256. The van der Waals surface area contributed by atoms with Crippen LogP contribution in [0, 0.1) is 13.8 Å². The van der Waals surface area contributed by atoms with E-state index in [1.807, 2.05) is 61.7 Å². The van der Waals surface area contributed by atoms with E-state index in [-0.39, 0.29) is 11.8 Å². The Morgan fingerprint density at radius 2 is 1.73 bits per heavy atom. The molecule has 3 rings (SSSR count). The van der Waals surface area contributed by atoms with Crippen molar-refractivity contribution >= 4 is 34.4 Å². The van der Waals surface area contributed by atoms with Crippen molar-refractivity contribution in [3.05, 3.63) is 87.3 Å². The van der Waals surface area contributed by atoms with E-state index >= 15 is 0 Å². The molecule has 2 amide bonds. The molecule has 0 saturated heterocycles. The minimum absolute atomic E-state index is 0.244. The molecule has 3 aromatic rings. The maximum atomic E-state index is 13.1. The molecule has 8 heteroatoms. The number of thiophene rings is 1. The van der Waals surface area contributed by atoms with E-state index < -0.39 is 0 Å². The van der Waals surface area contributed by atoms with Crippen LogP contribution in [-0.2, 0) is 6.54 Å². The average Bonchev–Trinajstić information content (AvgIpc) is 3.25. The van der Waals surface area contributed by atoms with E-state index in [1.54, 1.807) is 12.3 Å². The number of hydrazone groups is 1. The fraction of sp³-hybridized carbons (Fsp3) is 0.345. The molecule has 1 aromatic heterocycles. The lowest BCUT2D eigenvalue weighted by Crippen LogP contribution is -2.32. The zero-order chi connectivity index (χ0) is 26.8. The molecule has 196 valence electrons. The lowest BCUT2D eigenvalue weighted by Gasteiger charge is -2.23. The van der Waals surface area contributed by atoms with Crippen LogP contribution >= 0.6 is 11.3 Å². The maximum Gasteiger partial charge on any atom is 0.274 e. The highest BCUT2D eigenvalue weighted by Crippen LogP contribution is 2.28. The smallest absolute Gasteiger partial charge is 0.274 e. The highest BCUT2D eigenvalue weighted by Gasteiger charge is 2.19. The molecule has 0 spiro atoms. The zero-order valence-corrected chi connectivity index (χ0v) is 23.2. The number of carbonyl (C=O) groups excluding carboxylic acids is 2. The third-order valence-electron chi connectivity index (χ3n) is 6.22. The Hall–Kier alpha value is -3.33. The van der Waals surface area contributed by atoms with Gasteiger partial charge in [-0.05, 0) is 68.2 Å². The molecule has 0 aliphatic rings. The fourth-order valence-corrected chi connectivity index (χ4v) is 4.86. The second-order valence-electron chi connectivity index (χ2n) is 9.15. The van der Waals surface area contributed by atoms with Gasteiger partial charge in [0.05, 0.1) is 11.8 Å². The van der Waals surface area contributed by atoms with Crippen molar-refractivity contribution < 1.29 is 9.59 Å². The van der Waals surface area contributed by atoms with E-state index in [4.69, 9.17) is 0 Å². The normalized spacial score (nSPS) is 11.4.